The minimum atomic E-state index is 0. The summed E-state index contributed by atoms with van der Waals surface area (Å²) < 4.78 is 0. The number of likely N-dealkylation sites (tertiary alicyclic amines) is 2. The monoisotopic (exact) mass is 512 g/mol. The van der Waals surface area contributed by atoms with Crippen LogP contribution in [0.4, 0.5) is 0 Å². The molecule has 3 fully saturated rings. The maximum atomic E-state index is 8.76. The Morgan fingerprint density at radius 2 is 0.743 bits per heavy atom. The zero-order chi connectivity index (χ0) is 25.2. The van der Waals surface area contributed by atoms with Gasteiger partial charge in [0.1, 0.15) is 0 Å². The molecule has 0 amide bonds. The van der Waals surface area contributed by atoms with E-state index in [0.29, 0.717) is 37.6 Å². The van der Waals surface area contributed by atoms with Gasteiger partial charge in [0.2, 0.25) is 0 Å². The molecule has 6 nitrogen and oxygen atoms in total. The van der Waals surface area contributed by atoms with Gasteiger partial charge >= 0.3 is 0 Å². The Bertz CT molecular complexity index is 292. The highest BCUT2D eigenvalue weighted by atomic mass is 16.3. The molecule has 0 unspecified atom stereocenters. The summed E-state index contributed by atoms with van der Waals surface area (Å²) >= 11 is 0. The van der Waals surface area contributed by atoms with Crippen LogP contribution in [-0.4, -0.2) is 98.3 Å². The Kier molecular flexibility index (Phi) is 52.4. The van der Waals surface area contributed by atoms with Gasteiger partial charge in [0, 0.05) is 19.8 Å². The zero-order valence-corrected chi connectivity index (χ0v) is 23.1. The van der Waals surface area contributed by atoms with Crippen molar-refractivity contribution in [2.24, 2.45) is 17.8 Å². The van der Waals surface area contributed by atoms with Gasteiger partial charge in [-0.2, -0.15) is 0 Å². The van der Waals surface area contributed by atoms with E-state index in [1.54, 1.807) is 0 Å². The van der Waals surface area contributed by atoms with E-state index in [1.165, 1.54) is 25.7 Å². The first-order valence-corrected chi connectivity index (χ1v) is 13.5. The van der Waals surface area contributed by atoms with Crippen molar-refractivity contribution < 1.29 is 15.3 Å². The van der Waals surface area contributed by atoms with Gasteiger partial charge in [-0.05, 0) is 110 Å². The first-order valence-electron chi connectivity index (χ1n) is 13.5. The number of nitrogens with zero attached hydrogens (tertiary/aromatic N) is 2. The smallest absolute Gasteiger partial charge is 0.0460 e. The Morgan fingerprint density at radius 3 is 0.943 bits per heavy atom. The maximum Gasteiger partial charge on any atom is 0.0460 e. The lowest BCUT2D eigenvalue weighted by atomic mass is 9.98. The van der Waals surface area contributed by atoms with Crippen molar-refractivity contribution in [1.29, 1.82) is 0 Å². The topological polar surface area (TPSA) is 79.2 Å². The molecule has 0 spiro atoms. The van der Waals surface area contributed by atoms with Crippen LogP contribution in [-0.2, 0) is 0 Å². The molecule has 0 aromatic heterocycles. The zero-order valence-electron chi connectivity index (χ0n) is 23.1. The van der Waals surface area contributed by atoms with Gasteiger partial charge in [-0.25, -0.2) is 0 Å². The van der Waals surface area contributed by atoms with E-state index in [9.17, 15) is 0 Å². The molecule has 0 bridgehead atoms. The molecule has 3 heterocycles. The third-order valence-electron chi connectivity index (χ3n) is 5.91. The van der Waals surface area contributed by atoms with Crippen LogP contribution in [0.25, 0.3) is 0 Å². The minimum Gasteiger partial charge on any atom is -0.396 e. The van der Waals surface area contributed by atoms with Crippen LogP contribution in [0.15, 0.2) is 0 Å². The van der Waals surface area contributed by atoms with Crippen LogP contribution in [0.5, 0.6) is 0 Å². The predicted octanol–water partition coefficient (Wildman–Crippen LogP) is 5.61. The summed E-state index contributed by atoms with van der Waals surface area (Å²) in [5, 5.41) is 29.4. The summed E-state index contributed by atoms with van der Waals surface area (Å²) in [6.07, 6.45) is 6.99. The normalized spacial score (nSPS) is 18.6. The Balaban J connectivity index is -0.0000000783. The van der Waals surface area contributed by atoms with E-state index in [2.05, 4.69) is 29.2 Å². The highest BCUT2D eigenvalue weighted by molar-refractivity contribution is 4.69. The number of aliphatic hydroxyl groups is 3. The molecule has 0 aromatic carbocycles. The van der Waals surface area contributed by atoms with Gasteiger partial charge in [0.15, 0.2) is 0 Å². The summed E-state index contributed by atoms with van der Waals surface area (Å²) in [6, 6.07) is 0. The summed E-state index contributed by atoms with van der Waals surface area (Å²) in [4.78, 5) is 4.62. The summed E-state index contributed by atoms with van der Waals surface area (Å²) in [5.41, 5.74) is 0. The fraction of sp³-hybridized carbons (Fsp3) is 1.00. The van der Waals surface area contributed by atoms with Crippen molar-refractivity contribution in [3.05, 3.63) is 0 Å². The van der Waals surface area contributed by atoms with E-state index < -0.39 is 0 Å². The SMILES string of the molecule is C.C.C.CC.CC.CC.CN1CCC(CO)CC1.CN1CCC(CO)CC1.OCC1CCNCC1. The lowest BCUT2D eigenvalue weighted by Gasteiger charge is -2.27. The van der Waals surface area contributed by atoms with Gasteiger partial charge in [0.05, 0.1) is 0 Å². The second kappa shape index (κ2) is 38.3. The number of hydrogen-bond acceptors (Lipinski definition) is 6. The molecule has 6 heteroatoms. The average molecular weight is 512 g/mol. The summed E-state index contributed by atoms with van der Waals surface area (Å²) in [5.74, 6) is 1.75. The Labute approximate surface area is 223 Å². The summed E-state index contributed by atoms with van der Waals surface area (Å²) in [7, 11) is 4.27. The van der Waals surface area contributed by atoms with Gasteiger partial charge < -0.3 is 30.4 Å². The molecule has 0 aliphatic carbocycles. The van der Waals surface area contributed by atoms with Crippen LogP contribution < -0.4 is 5.32 Å². The Morgan fingerprint density at radius 1 is 0.514 bits per heavy atom. The van der Waals surface area contributed by atoms with Crippen LogP contribution in [0.2, 0.25) is 0 Å². The highest BCUT2D eigenvalue weighted by Gasteiger charge is 2.15. The van der Waals surface area contributed by atoms with E-state index in [1.807, 2.05) is 41.5 Å². The molecule has 3 aliphatic rings. The fourth-order valence-electron chi connectivity index (χ4n) is 3.55. The summed E-state index contributed by atoms with van der Waals surface area (Å²) in [6.45, 7) is 20.0. The van der Waals surface area contributed by atoms with Crippen LogP contribution in [0, 0.1) is 17.8 Å². The first-order chi connectivity index (χ1) is 15.6. The first kappa shape index (κ1) is 47.9. The highest BCUT2D eigenvalue weighted by Crippen LogP contribution is 2.14. The van der Waals surface area contributed by atoms with E-state index in [4.69, 9.17) is 15.3 Å². The second-order valence-electron chi connectivity index (χ2n) is 8.23. The molecular weight excluding hydrogens is 438 g/mol. The Hall–Kier alpha value is -0.240. The largest absolute Gasteiger partial charge is 0.396 e. The van der Waals surface area contributed by atoms with Crippen molar-refractivity contribution >= 4 is 0 Å². The molecular formula is C29H73N3O3. The molecule has 35 heavy (non-hydrogen) atoms. The van der Waals surface area contributed by atoms with Gasteiger partial charge in [0.25, 0.3) is 0 Å². The van der Waals surface area contributed by atoms with E-state index >= 15 is 0 Å². The molecule has 0 radical (unpaired) electrons. The number of piperidine rings is 3. The van der Waals surface area contributed by atoms with Gasteiger partial charge in [-0.3, -0.25) is 0 Å². The maximum absolute atomic E-state index is 8.76. The fourth-order valence-corrected chi connectivity index (χ4v) is 3.55. The molecule has 0 saturated carbocycles. The van der Waals surface area contributed by atoms with Gasteiger partial charge in [-0.15, -0.1) is 0 Å². The number of rotatable bonds is 3. The third kappa shape index (κ3) is 29.9. The van der Waals surface area contributed by atoms with Crippen molar-refractivity contribution in [3.8, 4) is 0 Å². The van der Waals surface area contributed by atoms with Crippen LogP contribution in [0.1, 0.15) is 102 Å². The van der Waals surface area contributed by atoms with Crippen LogP contribution >= 0.6 is 0 Å². The van der Waals surface area contributed by atoms with Crippen molar-refractivity contribution in [2.75, 3.05) is 73.2 Å². The average Bonchev–Trinajstić information content (AvgIpc) is 2.90. The second-order valence-corrected chi connectivity index (χ2v) is 8.23. The van der Waals surface area contributed by atoms with E-state index in [-0.39, 0.29) is 22.3 Å². The molecule has 4 N–H and O–H groups in total. The van der Waals surface area contributed by atoms with Crippen molar-refractivity contribution in [2.45, 2.75) is 102 Å². The minimum absolute atomic E-state index is 0. The molecule has 3 saturated heterocycles. The van der Waals surface area contributed by atoms with Gasteiger partial charge in [-0.1, -0.05) is 63.8 Å². The lowest BCUT2D eigenvalue weighted by molar-refractivity contribution is 0.148. The molecule has 3 rings (SSSR count). The number of nitrogens with one attached hydrogen (secondary N) is 1. The van der Waals surface area contributed by atoms with Crippen LogP contribution in [0.3, 0.4) is 0 Å². The molecule has 3 aliphatic heterocycles. The lowest BCUT2D eigenvalue weighted by Crippen LogP contribution is -2.31. The van der Waals surface area contributed by atoms with Crippen molar-refractivity contribution in [1.82, 2.24) is 15.1 Å². The molecule has 0 aromatic rings. The number of hydrogen-bond donors (Lipinski definition) is 4. The van der Waals surface area contributed by atoms with E-state index in [0.717, 1.165) is 52.1 Å². The molecule has 222 valence electrons. The number of aliphatic hydroxyl groups excluding tert-OH is 3. The third-order valence-corrected chi connectivity index (χ3v) is 5.91. The quantitative estimate of drug-likeness (QED) is 0.395. The molecule has 0 atom stereocenters. The predicted molar refractivity (Wildman–Crippen MR) is 162 cm³/mol. The van der Waals surface area contributed by atoms with Crippen molar-refractivity contribution in [3.63, 3.8) is 0 Å². The standard InChI is InChI=1S/2C7H15NO.C6H13NO.3C2H6.3CH4/c2*1-8-4-2-7(6-9)3-5-8;8-5-6-1-3-7-4-2-6;3*1-2;;;/h2*7,9H,2-6H2,1H3;6-8H,1-5H2;3*1-2H3;3*1H4.